The van der Waals surface area contributed by atoms with E-state index in [-0.39, 0.29) is 28.9 Å². The summed E-state index contributed by atoms with van der Waals surface area (Å²) >= 11 is 0. The zero-order chi connectivity index (χ0) is 31.2. The number of carbonyl (C=O) groups is 2. The second kappa shape index (κ2) is 13.9. The number of benzene rings is 3. The van der Waals surface area contributed by atoms with E-state index in [9.17, 15) is 18.8 Å². The standard InChI is InChI=1S/C35H40FN5O3/c1-23(2)20-25-8-11-27(12-9-25)24(3)33(42)37-14-15-40-16-18-41(19-17-40)35(44)30-21-26(10-13-31(30)36)22-32-28-6-4-5-7-29(28)34(43)39-38-32/h4-13,21,23-24H,14-20,22H2,1-3H3,(H,37,42)(H,39,43)/t24-/m0/s1. The molecular weight excluding hydrogens is 557 g/mol. The van der Waals surface area contributed by atoms with E-state index in [2.05, 4.69) is 46.4 Å². The highest BCUT2D eigenvalue weighted by atomic mass is 19.1. The molecule has 0 saturated carbocycles. The second-order valence-electron chi connectivity index (χ2n) is 12.0. The lowest BCUT2D eigenvalue weighted by atomic mass is 9.96. The molecule has 3 aromatic carbocycles. The van der Waals surface area contributed by atoms with Crippen LogP contribution in [0.1, 0.15) is 59.4 Å². The predicted octanol–water partition coefficient (Wildman–Crippen LogP) is 4.53. The zero-order valence-corrected chi connectivity index (χ0v) is 25.6. The maximum absolute atomic E-state index is 14.8. The number of fused-ring (bicyclic) bond motifs is 1. The van der Waals surface area contributed by atoms with E-state index in [4.69, 9.17) is 0 Å². The topological polar surface area (TPSA) is 98.4 Å². The first-order chi connectivity index (χ1) is 21.2. The van der Waals surface area contributed by atoms with Crippen LogP contribution in [0.2, 0.25) is 0 Å². The van der Waals surface area contributed by atoms with Gasteiger partial charge in [0.2, 0.25) is 5.91 Å². The van der Waals surface area contributed by atoms with Crippen molar-refractivity contribution in [2.24, 2.45) is 5.92 Å². The Balaban J connectivity index is 1.12. The maximum atomic E-state index is 14.8. The fourth-order valence-electron chi connectivity index (χ4n) is 5.75. The van der Waals surface area contributed by atoms with E-state index in [1.54, 1.807) is 29.2 Å². The van der Waals surface area contributed by atoms with Gasteiger partial charge in [-0.25, -0.2) is 9.49 Å². The van der Waals surface area contributed by atoms with Gasteiger partial charge in [0, 0.05) is 51.1 Å². The van der Waals surface area contributed by atoms with Crippen molar-refractivity contribution in [3.63, 3.8) is 0 Å². The van der Waals surface area contributed by atoms with E-state index in [0.29, 0.717) is 62.7 Å². The molecule has 230 valence electrons. The average Bonchev–Trinajstić information content (AvgIpc) is 3.03. The minimum Gasteiger partial charge on any atom is -0.354 e. The number of carbonyl (C=O) groups excluding carboxylic acids is 2. The SMILES string of the molecule is CC(C)Cc1ccc([C@H](C)C(=O)NCCN2CCN(C(=O)c3cc(Cc4n[nH]c(=O)c5ccccc45)ccc3F)CC2)cc1. The van der Waals surface area contributed by atoms with Crippen molar-refractivity contribution < 1.29 is 14.0 Å². The summed E-state index contributed by atoms with van der Waals surface area (Å²) < 4.78 is 14.8. The Kier molecular flexibility index (Phi) is 9.85. The third kappa shape index (κ3) is 7.39. The van der Waals surface area contributed by atoms with Gasteiger partial charge in [-0.05, 0) is 54.2 Å². The number of amides is 2. The number of piperazine rings is 1. The van der Waals surface area contributed by atoms with Gasteiger partial charge < -0.3 is 10.2 Å². The third-order valence-electron chi connectivity index (χ3n) is 8.31. The van der Waals surface area contributed by atoms with Crippen molar-refractivity contribution >= 4 is 22.6 Å². The molecule has 1 fully saturated rings. The van der Waals surface area contributed by atoms with Crippen LogP contribution in [-0.2, 0) is 17.6 Å². The predicted molar refractivity (Wildman–Crippen MR) is 170 cm³/mol. The summed E-state index contributed by atoms with van der Waals surface area (Å²) in [4.78, 5) is 42.1. The largest absolute Gasteiger partial charge is 0.354 e. The number of halogens is 1. The van der Waals surface area contributed by atoms with Crippen LogP contribution in [0.4, 0.5) is 4.39 Å². The summed E-state index contributed by atoms with van der Waals surface area (Å²) in [6, 6.07) is 20.0. The molecule has 4 aromatic rings. The molecule has 1 aliphatic heterocycles. The number of hydrogen-bond acceptors (Lipinski definition) is 5. The van der Waals surface area contributed by atoms with Gasteiger partial charge in [-0.2, -0.15) is 5.10 Å². The van der Waals surface area contributed by atoms with E-state index in [1.165, 1.54) is 11.6 Å². The van der Waals surface area contributed by atoms with Crippen LogP contribution in [0.15, 0.2) is 71.5 Å². The minimum absolute atomic E-state index is 0.00385. The van der Waals surface area contributed by atoms with Crippen LogP contribution in [0.5, 0.6) is 0 Å². The molecule has 0 radical (unpaired) electrons. The Labute approximate surface area is 257 Å². The third-order valence-corrected chi connectivity index (χ3v) is 8.31. The molecule has 1 aromatic heterocycles. The first kappa shape index (κ1) is 31.1. The average molecular weight is 598 g/mol. The molecule has 2 amide bonds. The Morgan fingerprint density at radius 2 is 1.61 bits per heavy atom. The molecule has 9 heteroatoms. The number of nitrogens with zero attached hydrogens (tertiary/aromatic N) is 3. The van der Waals surface area contributed by atoms with Gasteiger partial charge in [-0.1, -0.05) is 62.4 Å². The molecule has 8 nitrogen and oxygen atoms in total. The number of H-pyrrole nitrogens is 1. The van der Waals surface area contributed by atoms with Gasteiger partial charge in [-0.15, -0.1) is 0 Å². The van der Waals surface area contributed by atoms with Gasteiger partial charge in [-0.3, -0.25) is 19.3 Å². The molecule has 2 N–H and O–H groups in total. The molecule has 1 aliphatic rings. The van der Waals surface area contributed by atoms with E-state index in [0.717, 1.165) is 22.9 Å². The van der Waals surface area contributed by atoms with Crippen molar-refractivity contribution in [1.82, 2.24) is 25.3 Å². The normalized spacial score (nSPS) is 14.6. The second-order valence-corrected chi connectivity index (χ2v) is 12.0. The molecular formula is C35H40FN5O3. The highest BCUT2D eigenvalue weighted by Crippen LogP contribution is 2.21. The van der Waals surface area contributed by atoms with Crippen LogP contribution < -0.4 is 10.9 Å². The summed E-state index contributed by atoms with van der Waals surface area (Å²) in [5, 5.41) is 11.0. The van der Waals surface area contributed by atoms with E-state index < -0.39 is 5.82 Å². The smallest absolute Gasteiger partial charge is 0.272 e. The Hall–Kier alpha value is -4.37. The minimum atomic E-state index is -0.563. The van der Waals surface area contributed by atoms with Crippen LogP contribution in [0, 0.1) is 11.7 Å². The first-order valence-corrected chi connectivity index (χ1v) is 15.3. The number of aromatic amines is 1. The van der Waals surface area contributed by atoms with Crippen LogP contribution in [0.25, 0.3) is 10.8 Å². The van der Waals surface area contributed by atoms with Gasteiger partial charge in [0.15, 0.2) is 0 Å². The van der Waals surface area contributed by atoms with Gasteiger partial charge in [0.05, 0.1) is 22.6 Å². The summed E-state index contributed by atoms with van der Waals surface area (Å²) in [7, 11) is 0. The molecule has 0 aliphatic carbocycles. The zero-order valence-electron chi connectivity index (χ0n) is 25.6. The highest BCUT2D eigenvalue weighted by Gasteiger charge is 2.25. The Morgan fingerprint density at radius 1 is 0.932 bits per heavy atom. The van der Waals surface area contributed by atoms with Crippen LogP contribution in [0.3, 0.4) is 0 Å². The molecule has 44 heavy (non-hydrogen) atoms. The number of rotatable bonds is 10. The summed E-state index contributed by atoms with van der Waals surface area (Å²) in [6.07, 6.45) is 1.37. The number of aromatic nitrogens is 2. The number of nitrogens with one attached hydrogen (secondary N) is 2. The van der Waals surface area contributed by atoms with Gasteiger partial charge >= 0.3 is 0 Å². The first-order valence-electron chi connectivity index (χ1n) is 15.3. The molecule has 0 bridgehead atoms. The van der Waals surface area contributed by atoms with Crippen molar-refractivity contribution in [3.05, 3.63) is 111 Å². The molecule has 1 saturated heterocycles. The molecule has 5 rings (SSSR count). The lowest BCUT2D eigenvalue weighted by Gasteiger charge is -2.35. The Morgan fingerprint density at radius 3 is 2.32 bits per heavy atom. The van der Waals surface area contributed by atoms with Crippen molar-refractivity contribution in [2.45, 2.75) is 39.5 Å². The Bertz CT molecular complexity index is 1680. The maximum Gasteiger partial charge on any atom is 0.272 e. The fraction of sp³-hybridized carbons (Fsp3) is 0.371. The number of hydrogen-bond donors (Lipinski definition) is 2. The molecule has 2 heterocycles. The lowest BCUT2D eigenvalue weighted by Crippen LogP contribution is -2.50. The monoisotopic (exact) mass is 597 g/mol. The highest BCUT2D eigenvalue weighted by molar-refractivity contribution is 5.95. The summed E-state index contributed by atoms with van der Waals surface area (Å²) in [5.41, 5.74) is 3.43. The van der Waals surface area contributed by atoms with E-state index in [1.807, 2.05) is 31.2 Å². The molecule has 1 atom stereocenters. The van der Waals surface area contributed by atoms with Crippen molar-refractivity contribution in [1.29, 1.82) is 0 Å². The lowest BCUT2D eigenvalue weighted by molar-refractivity contribution is -0.122. The van der Waals surface area contributed by atoms with Crippen LogP contribution >= 0.6 is 0 Å². The molecule has 0 unspecified atom stereocenters. The van der Waals surface area contributed by atoms with E-state index >= 15 is 0 Å². The molecule has 0 spiro atoms. The van der Waals surface area contributed by atoms with Crippen molar-refractivity contribution in [3.8, 4) is 0 Å². The van der Waals surface area contributed by atoms with Crippen molar-refractivity contribution in [2.75, 3.05) is 39.3 Å². The summed E-state index contributed by atoms with van der Waals surface area (Å²) in [6.45, 7) is 9.74. The fourth-order valence-corrected chi connectivity index (χ4v) is 5.75. The quantitative estimate of drug-likeness (QED) is 0.280. The van der Waals surface area contributed by atoms with Crippen LogP contribution in [-0.4, -0.2) is 71.1 Å². The van der Waals surface area contributed by atoms with Gasteiger partial charge in [0.1, 0.15) is 5.82 Å². The van der Waals surface area contributed by atoms with Gasteiger partial charge in [0.25, 0.3) is 11.5 Å². The summed E-state index contributed by atoms with van der Waals surface area (Å²) in [5.74, 6) is -0.553.